The summed E-state index contributed by atoms with van der Waals surface area (Å²) in [4.78, 5) is 20.2. The van der Waals surface area contributed by atoms with Gasteiger partial charge in [-0.25, -0.2) is 0 Å². The van der Waals surface area contributed by atoms with Crippen molar-refractivity contribution >= 4 is 44.8 Å². The summed E-state index contributed by atoms with van der Waals surface area (Å²) in [6, 6.07) is -0.794. The van der Waals surface area contributed by atoms with Crippen LogP contribution in [0.5, 0.6) is 0 Å². The summed E-state index contributed by atoms with van der Waals surface area (Å²) < 4.78 is 3.25. The summed E-state index contributed by atoms with van der Waals surface area (Å²) >= 11 is 1.73. The van der Waals surface area contributed by atoms with Crippen LogP contribution in [0.15, 0.2) is 0 Å². The van der Waals surface area contributed by atoms with Crippen molar-refractivity contribution in [3.8, 4) is 0 Å². The van der Waals surface area contributed by atoms with E-state index in [9.17, 15) is 19.8 Å². The van der Waals surface area contributed by atoms with Crippen LogP contribution in [0.25, 0.3) is 0 Å². The quantitative estimate of drug-likeness (QED) is 0.0794. The first-order valence-corrected chi connectivity index (χ1v) is 21.2. The standard InChI is InChI=1S/C18H36O2.C5H11NO2S.2C4H9.Sn/c1-2-3-4-5-6-7-8-9-10-11-12-13-14-15-16-17-18(19)20;1-9-3-2-4(6)5(7)8;2*1-3-4-2;/h2-17H2,1H3,(H,19,20);4H,2-3,6H2,1H3,(H,7,8);2*1,3-4H2,2H3;/q;;;;+2/p-2. The number of carbonyl (C=O) groups is 2. The Morgan fingerprint density at radius 1 is 0.658 bits per heavy atom. The van der Waals surface area contributed by atoms with E-state index in [1.54, 1.807) is 20.6 Å². The monoisotopic (exact) mass is 665 g/mol. The number of thioether (sulfide) groups is 1. The summed E-state index contributed by atoms with van der Waals surface area (Å²) in [7, 11) is 0. The Bertz CT molecular complexity index is 463. The van der Waals surface area contributed by atoms with E-state index in [4.69, 9.17) is 5.73 Å². The molecule has 0 heterocycles. The van der Waals surface area contributed by atoms with E-state index in [0.29, 0.717) is 6.42 Å². The molecule has 0 fully saturated rings. The second kappa shape index (κ2) is 39.2. The van der Waals surface area contributed by atoms with E-state index in [1.807, 2.05) is 6.26 Å². The van der Waals surface area contributed by atoms with Gasteiger partial charge in [0.2, 0.25) is 0 Å². The van der Waals surface area contributed by atoms with E-state index in [2.05, 4.69) is 20.8 Å². The van der Waals surface area contributed by atoms with Crippen molar-refractivity contribution in [3.63, 3.8) is 0 Å². The molecule has 0 rings (SSSR count). The van der Waals surface area contributed by atoms with Crippen molar-refractivity contribution in [2.45, 2.75) is 171 Å². The second-order valence-electron chi connectivity index (χ2n) is 10.2. The number of rotatable bonds is 26. The molecule has 0 aromatic heterocycles. The molecule has 0 saturated heterocycles. The Hall–Kier alpha value is 0.0487. The van der Waals surface area contributed by atoms with Gasteiger partial charge >= 0.3 is 69.5 Å². The maximum atomic E-state index is 10.2. The number of carboxylic acids is 2. The van der Waals surface area contributed by atoms with Crippen LogP contribution in [0, 0.1) is 0 Å². The van der Waals surface area contributed by atoms with Gasteiger partial charge in [0.25, 0.3) is 0 Å². The molecule has 0 radical (unpaired) electrons. The molecule has 0 aliphatic heterocycles. The molecule has 0 bridgehead atoms. The first-order valence-electron chi connectivity index (χ1n) is 15.7. The number of hydrogen-bond donors (Lipinski definition) is 1. The minimum atomic E-state index is -1.16. The van der Waals surface area contributed by atoms with Crippen LogP contribution in [0.1, 0.15) is 156 Å². The van der Waals surface area contributed by atoms with Gasteiger partial charge in [-0.1, -0.05) is 96.8 Å². The molecule has 226 valence electrons. The van der Waals surface area contributed by atoms with Gasteiger partial charge in [-0.05, 0) is 31.3 Å². The predicted octanol–water partition coefficient (Wildman–Crippen LogP) is 6.94. The third kappa shape index (κ3) is 45.9. The van der Waals surface area contributed by atoms with Gasteiger partial charge in [0.15, 0.2) is 0 Å². The Morgan fingerprint density at radius 2 is 1.03 bits per heavy atom. The largest absolute Gasteiger partial charge is 0.548 e. The molecule has 0 aliphatic rings. The number of aliphatic carboxylic acids is 2. The summed E-state index contributed by atoms with van der Waals surface area (Å²) in [5.41, 5.74) is 5.13. The molecule has 0 aliphatic carbocycles. The van der Waals surface area contributed by atoms with E-state index in [1.165, 1.54) is 109 Å². The van der Waals surface area contributed by atoms with Crippen molar-refractivity contribution in [3.05, 3.63) is 0 Å². The molecule has 2 N–H and O–H groups in total. The number of hydrogen-bond acceptors (Lipinski definition) is 6. The fourth-order valence-electron chi connectivity index (χ4n) is 3.73. The Balaban J connectivity index is -0.000000563. The van der Waals surface area contributed by atoms with Gasteiger partial charge in [0, 0.05) is 12.0 Å². The van der Waals surface area contributed by atoms with Crippen LogP contribution in [0.2, 0.25) is 8.87 Å². The molecule has 1 atom stereocenters. The average Bonchev–Trinajstić information content (AvgIpc) is 2.90. The first-order chi connectivity index (χ1) is 18.4. The Kier molecular flexibility index (Phi) is 43.8. The second-order valence-corrected chi connectivity index (χ2v) is 15.5. The zero-order chi connectivity index (χ0) is 29.1. The molecule has 0 spiro atoms. The van der Waals surface area contributed by atoms with E-state index in [0.717, 1.165) is 18.6 Å². The fourth-order valence-corrected chi connectivity index (χ4v) is 8.38. The average molecular weight is 665 g/mol. The summed E-state index contributed by atoms with van der Waals surface area (Å²) in [6.07, 6.45) is 28.1. The van der Waals surface area contributed by atoms with E-state index < -0.39 is 18.0 Å². The maximum Gasteiger partial charge on any atom is 0.0582 e. The predicted molar refractivity (Wildman–Crippen MR) is 166 cm³/mol. The summed E-state index contributed by atoms with van der Waals surface area (Å²) in [6.45, 7) is 6.85. The van der Waals surface area contributed by atoms with Crippen molar-refractivity contribution in [2.24, 2.45) is 5.73 Å². The van der Waals surface area contributed by atoms with Crippen LogP contribution in [-0.4, -0.2) is 51.1 Å². The zero-order valence-corrected chi connectivity index (χ0v) is 29.3. The smallest absolute Gasteiger partial charge is 0.0582 e. The third-order valence-corrected chi connectivity index (χ3v) is 11.0. The first kappa shape index (κ1) is 42.5. The zero-order valence-electron chi connectivity index (χ0n) is 25.7. The van der Waals surface area contributed by atoms with Crippen LogP contribution in [-0.2, 0) is 9.59 Å². The van der Waals surface area contributed by atoms with Gasteiger partial charge in [-0.15, -0.1) is 0 Å². The van der Waals surface area contributed by atoms with Crippen LogP contribution in [0.3, 0.4) is 0 Å². The Morgan fingerprint density at radius 3 is 1.34 bits per heavy atom. The number of nitrogens with two attached hydrogens (primary N) is 1. The minimum absolute atomic E-state index is 0.149. The Labute approximate surface area is 251 Å². The van der Waals surface area contributed by atoms with Crippen molar-refractivity contribution in [1.29, 1.82) is 0 Å². The third-order valence-electron chi connectivity index (χ3n) is 6.33. The minimum Gasteiger partial charge on any atom is -0.548 e. The summed E-state index contributed by atoms with van der Waals surface area (Å²) in [5, 5.41) is 20.2. The fraction of sp³-hybridized carbons (Fsp3) is 0.935. The molecule has 0 aromatic rings. The molecule has 7 heteroatoms. The number of unbranched alkanes of at least 4 members (excludes halogenated alkanes) is 16. The molecular weight excluding hydrogens is 601 g/mol. The molecule has 0 saturated carbocycles. The van der Waals surface area contributed by atoms with E-state index in [-0.39, 0.29) is 27.6 Å². The van der Waals surface area contributed by atoms with Gasteiger partial charge in [0.1, 0.15) is 0 Å². The van der Waals surface area contributed by atoms with Gasteiger partial charge < -0.3 is 25.5 Å². The van der Waals surface area contributed by atoms with Crippen LogP contribution >= 0.6 is 11.8 Å². The van der Waals surface area contributed by atoms with Gasteiger partial charge in [-0.2, -0.15) is 11.8 Å². The summed E-state index contributed by atoms with van der Waals surface area (Å²) in [5.74, 6) is -1.29. The van der Waals surface area contributed by atoms with Crippen molar-refractivity contribution in [1.82, 2.24) is 0 Å². The number of carboxylic acid groups (broad SMARTS) is 2. The molecular formula is C31H63NO4SSn. The topological polar surface area (TPSA) is 106 Å². The SMILES string of the molecule is CCCCCCCCCCCCCCCCCC(=O)[O-].CCC[CH2][Sn+2][CH2]CCC.CSCCC(N)C(=O)[O-]. The molecule has 0 amide bonds. The molecule has 1 unspecified atom stereocenters. The van der Waals surface area contributed by atoms with Gasteiger partial charge in [0.05, 0.1) is 5.97 Å². The molecule has 5 nitrogen and oxygen atoms in total. The van der Waals surface area contributed by atoms with Crippen molar-refractivity contribution in [2.75, 3.05) is 12.0 Å². The van der Waals surface area contributed by atoms with Crippen molar-refractivity contribution < 1.29 is 19.8 Å². The maximum absolute atomic E-state index is 10.2. The molecule has 0 aromatic carbocycles. The van der Waals surface area contributed by atoms with Crippen LogP contribution in [0.4, 0.5) is 0 Å². The number of carbonyl (C=O) groups excluding carboxylic acids is 2. The van der Waals surface area contributed by atoms with Gasteiger partial charge in [-0.3, -0.25) is 0 Å². The molecule has 38 heavy (non-hydrogen) atoms. The van der Waals surface area contributed by atoms with Crippen LogP contribution < -0.4 is 15.9 Å². The van der Waals surface area contributed by atoms with E-state index >= 15 is 0 Å². The normalized spacial score (nSPS) is 11.0.